The van der Waals surface area contributed by atoms with Crippen molar-refractivity contribution in [2.45, 2.75) is 38.3 Å². The molecule has 0 spiro atoms. The van der Waals surface area contributed by atoms with Crippen LogP contribution in [0.5, 0.6) is 5.75 Å². The summed E-state index contributed by atoms with van der Waals surface area (Å²) in [6.45, 7) is 4.93. The monoisotopic (exact) mass is 345 g/mol. The highest BCUT2D eigenvalue weighted by molar-refractivity contribution is 5.79. The molecule has 138 valence electrons. The smallest absolute Gasteiger partial charge is 0.224 e. The molecule has 1 amide bonds. The number of methoxy groups -OCH3 is 1. The Morgan fingerprint density at radius 1 is 1.20 bits per heavy atom. The van der Waals surface area contributed by atoms with Gasteiger partial charge in [-0.1, -0.05) is 18.2 Å². The van der Waals surface area contributed by atoms with E-state index in [1.165, 1.54) is 25.9 Å². The fraction of sp³-hybridized carbons (Fsp3) is 0.650. The number of nitrogens with one attached hydrogen (secondary N) is 1. The minimum Gasteiger partial charge on any atom is -0.496 e. The van der Waals surface area contributed by atoms with Gasteiger partial charge >= 0.3 is 0 Å². The number of hydrogen-bond donors (Lipinski definition) is 1. The zero-order valence-corrected chi connectivity index (χ0v) is 15.5. The highest BCUT2D eigenvalue weighted by atomic mass is 16.5. The van der Waals surface area contributed by atoms with Crippen LogP contribution in [0.15, 0.2) is 24.3 Å². The van der Waals surface area contributed by atoms with E-state index in [9.17, 15) is 4.79 Å². The molecule has 2 saturated heterocycles. The number of nitrogens with zero attached hydrogens (tertiary/aromatic N) is 2. The third kappa shape index (κ3) is 4.73. The van der Waals surface area contributed by atoms with Crippen molar-refractivity contribution in [3.63, 3.8) is 0 Å². The van der Waals surface area contributed by atoms with Gasteiger partial charge < -0.3 is 15.0 Å². The van der Waals surface area contributed by atoms with Gasteiger partial charge in [-0.05, 0) is 58.4 Å². The van der Waals surface area contributed by atoms with Gasteiger partial charge in [-0.2, -0.15) is 0 Å². The minimum absolute atomic E-state index is 0.114. The lowest BCUT2D eigenvalue weighted by atomic mass is 9.93. The van der Waals surface area contributed by atoms with E-state index >= 15 is 0 Å². The Kier molecular flexibility index (Phi) is 6.32. The normalized spacial score (nSPS) is 23.4. The number of piperidine rings is 2. The summed E-state index contributed by atoms with van der Waals surface area (Å²) in [6, 6.07) is 8.52. The van der Waals surface area contributed by atoms with E-state index in [4.69, 9.17) is 4.74 Å². The maximum absolute atomic E-state index is 12.7. The van der Waals surface area contributed by atoms with Gasteiger partial charge in [-0.25, -0.2) is 0 Å². The van der Waals surface area contributed by atoms with Crippen molar-refractivity contribution in [2.24, 2.45) is 5.92 Å². The molecule has 2 fully saturated rings. The zero-order chi connectivity index (χ0) is 17.6. The summed E-state index contributed by atoms with van der Waals surface area (Å²) in [7, 11) is 3.86. The van der Waals surface area contributed by atoms with Crippen molar-refractivity contribution in [2.75, 3.05) is 40.3 Å². The van der Waals surface area contributed by atoms with E-state index in [1.807, 2.05) is 24.3 Å². The zero-order valence-electron chi connectivity index (χ0n) is 15.5. The quantitative estimate of drug-likeness (QED) is 0.888. The van der Waals surface area contributed by atoms with Crippen molar-refractivity contribution in [1.29, 1.82) is 0 Å². The fourth-order valence-corrected chi connectivity index (χ4v) is 4.09. The maximum atomic E-state index is 12.7. The number of para-hydroxylation sites is 1. The second kappa shape index (κ2) is 8.68. The summed E-state index contributed by atoms with van der Waals surface area (Å²) in [6.07, 6.45) is 4.58. The molecule has 5 nitrogen and oxygen atoms in total. The molecule has 1 unspecified atom stereocenters. The maximum Gasteiger partial charge on any atom is 0.224 e. The van der Waals surface area contributed by atoms with Gasteiger partial charge in [0.2, 0.25) is 5.91 Å². The molecule has 1 atom stereocenters. The highest BCUT2D eigenvalue weighted by Crippen LogP contribution is 2.24. The van der Waals surface area contributed by atoms with E-state index in [0.29, 0.717) is 12.6 Å². The van der Waals surface area contributed by atoms with Crippen LogP contribution in [0.25, 0.3) is 0 Å². The molecule has 3 rings (SSSR count). The van der Waals surface area contributed by atoms with Crippen molar-refractivity contribution < 1.29 is 9.53 Å². The molecule has 2 aliphatic rings. The number of amides is 1. The van der Waals surface area contributed by atoms with Gasteiger partial charge in [0, 0.05) is 24.7 Å². The van der Waals surface area contributed by atoms with E-state index < -0.39 is 0 Å². The van der Waals surface area contributed by atoms with Crippen LogP contribution in [0.3, 0.4) is 0 Å². The Hall–Kier alpha value is -1.59. The SMILES string of the molecule is COc1ccccc1CNC(=O)C1CCCN(C2CCN(C)CC2)C1. The standard InChI is InChI=1S/C20H31N3O2/c1-22-12-9-18(10-13-22)23-11-5-7-17(15-23)20(24)21-14-16-6-3-4-8-19(16)25-2/h3-4,6,8,17-18H,5,7,9-15H2,1-2H3,(H,21,24). The van der Waals surface area contributed by atoms with Crippen LogP contribution in [0, 0.1) is 5.92 Å². The molecule has 0 bridgehead atoms. The number of carbonyl (C=O) groups excluding carboxylic acids is 1. The number of ether oxygens (including phenoxy) is 1. The van der Waals surface area contributed by atoms with E-state index in [0.717, 1.165) is 37.2 Å². The molecule has 2 aliphatic heterocycles. The average molecular weight is 345 g/mol. The molecule has 5 heteroatoms. The summed E-state index contributed by atoms with van der Waals surface area (Å²) in [5.41, 5.74) is 1.03. The second-order valence-corrected chi connectivity index (χ2v) is 7.40. The molecule has 1 N–H and O–H groups in total. The van der Waals surface area contributed by atoms with E-state index in [2.05, 4.69) is 22.2 Å². The fourth-order valence-electron chi connectivity index (χ4n) is 4.09. The Bertz CT molecular complexity index is 570. The van der Waals surface area contributed by atoms with Crippen LogP contribution in [0.4, 0.5) is 0 Å². The summed E-state index contributed by atoms with van der Waals surface area (Å²) >= 11 is 0. The van der Waals surface area contributed by atoms with Crippen LogP contribution in [0.1, 0.15) is 31.2 Å². The molecule has 0 radical (unpaired) electrons. The Morgan fingerprint density at radius 2 is 1.96 bits per heavy atom. The number of rotatable bonds is 5. The van der Waals surface area contributed by atoms with Gasteiger partial charge in [-0.15, -0.1) is 0 Å². The molecule has 2 heterocycles. The Labute approximate surface area is 151 Å². The van der Waals surface area contributed by atoms with Crippen LogP contribution in [0.2, 0.25) is 0 Å². The molecule has 1 aromatic rings. The number of hydrogen-bond acceptors (Lipinski definition) is 4. The number of benzene rings is 1. The second-order valence-electron chi connectivity index (χ2n) is 7.40. The third-order valence-corrected chi connectivity index (χ3v) is 5.67. The topological polar surface area (TPSA) is 44.8 Å². The first-order valence-electron chi connectivity index (χ1n) is 9.49. The average Bonchev–Trinajstić information content (AvgIpc) is 2.67. The van der Waals surface area contributed by atoms with Gasteiger partial charge in [0.15, 0.2) is 0 Å². The van der Waals surface area contributed by atoms with Gasteiger partial charge in [0.25, 0.3) is 0 Å². The third-order valence-electron chi connectivity index (χ3n) is 5.67. The van der Waals surface area contributed by atoms with Gasteiger partial charge in [-0.3, -0.25) is 9.69 Å². The highest BCUT2D eigenvalue weighted by Gasteiger charge is 2.31. The van der Waals surface area contributed by atoms with Crippen LogP contribution < -0.4 is 10.1 Å². The lowest BCUT2D eigenvalue weighted by Crippen LogP contribution is -2.50. The minimum atomic E-state index is 0.114. The van der Waals surface area contributed by atoms with Gasteiger partial charge in [0.1, 0.15) is 5.75 Å². The predicted molar refractivity (Wildman–Crippen MR) is 99.7 cm³/mol. The molecule has 0 saturated carbocycles. The molecule has 1 aromatic carbocycles. The number of likely N-dealkylation sites (tertiary alicyclic amines) is 2. The molecule has 0 aliphatic carbocycles. The molecule has 25 heavy (non-hydrogen) atoms. The van der Waals surface area contributed by atoms with E-state index in [-0.39, 0.29) is 11.8 Å². The van der Waals surface area contributed by atoms with Crippen LogP contribution in [-0.2, 0) is 11.3 Å². The van der Waals surface area contributed by atoms with Crippen LogP contribution in [-0.4, -0.2) is 62.1 Å². The Morgan fingerprint density at radius 3 is 2.72 bits per heavy atom. The largest absolute Gasteiger partial charge is 0.496 e. The molecular weight excluding hydrogens is 314 g/mol. The predicted octanol–water partition coefficient (Wildman–Crippen LogP) is 2.12. The first-order valence-corrected chi connectivity index (χ1v) is 9.49. The lowest BCUT2D eigenvalue weighted by molar-refractivity contribution is -0.127. The lowest BCUT2D eigenvalue weighted by Gasteiger charge is -2.41. The van der Waals surface area contributed by atoms with Crippen LogP contribution >= 0.6 is 0 Å². The summed E-state index contributed by atoms with van der Waals surface area (Å²) in [4.78, 5) is 17.6. The van der Waals surface area contributed by atoms with Crippen molar-refractivity contribution >= 4 is 5.91 Å². The summed E-state index contributed by atoms with van der Waals surface area (Å²) in [5.74, 6) is 1.13. The molecule has 0 aromatic heterocycles. The van der Waals surface area contributed by atoms with Crippen molar-refractivity contribution in [3.8, 4) is 5.75 Å². The number of carbonyl (C=O) groups is 1. The van der Waals surface area contributed by atoms with Gasteiger partial charge in [0.05, 0.1) is 13.0 Å². The Balaban J connectivity index is 1.51. The van der Waals surface area contributed by atoms with Crippen molar-refractivity contribution in [1.82, 2.24) is 15.1 Å². The summed E-state index contributed by atoms with van der Waals surface area (Å²) in [5, 5.41) is 3.12. The van der Waals surface area contributed by atoms with Crippen molar-refractivity contribution in [3.05, 3.63) is 29.8 Å². The van der Waals surface area contributed by atoms with E-state index in [1.54, 1.807) is 7.11 Å². The molecular formula is C20H31N3O2. The summed E-state index contributed by atoms with van der Waals surface area (Å²) < 4.78 is 5.36. The first kappa shape index (κ1) is 18.2. The first-order chi connectivity index (χ1) is 12.2.